The minimum atomic E-state index is -0.359. The van der Waals surface area contributed by atoms with Crippen LogP contribution < -0.4 is 0 Å². The molecular formula is C27H33NO2. The van der Waals surface area contributed by atoms with E-state index in [0.717, 1.165) is 45.1 Å². The largest absolute Gasteiger partial charge is 0.508 e. The number of nitrogens with zero attached hydrogens (tertiary/aromatic N) is 1. The van der Waals surface area contributed by atoms with Crippen LogP contribution in [0.5, 0.6) is 5.75 Å². The Labute approximate surface area is 180 Å². The van der Waals surface area contributed by atoms with Crippen molar-refractivity contribution in [3.63, 3.8) is 0 Å². The average Bonchev–Trinajstić information content (AvgIpc) is 2.77. The molecule has 3 aliphatic rings. The summed E-state index contributed by atoms with van der Waals surface area (Å²) in [5.41, 5.74) is 3.45. The van der Waals surface area contributed by atoms with Crippen molar-refractivity contribution in [2.24, 2.45) is 5.92 Å². The van der Waals surface area contributed by atoms with Crippen molar-refractivity contribution in [1.29, 1.82) is 0 Å². The van der Waals surface area contributed by atoms with E-state index in [2.05, 4.69) is 49.1 Å². The van der Waals surface area contributed by atoms with E-state index in [-0.39, 0.29) is 16.9 Å². The van der Waals surface area contributed by atoms with Crippen molar-refractivity contribution in [2.45, 2.75) is 75.7 Å². The maximum atomic E-state index is 14.3. The molecule has 0 unspecified atom stereocenters. The van der Waals surface area contributed by atoms with E-state index in [0.29, 0.717) is 17.6 Å². The smallest absolute Gasteiger partial charge is 0.233 e. The van der Waals surface area contributed by atoms with E-state index in [1.165, 1.54) is 23.1 Å². The molecule has 1 heterocycles. The molecule has 1 saturated heterocycles. The van der Waals surface area contributed by atoms with Crippen LogP contribution in [0.15, 0.2) is 48.5 Å². The molecule has 2 aliphatic carbocycles. The van der Waals surface area contributed by atoms with Gasteiger partial charge in [-0.1, -0.05) is 69.5 Å². The highest BCUT2D eigenvalue weighted by Gasteiger charge is 2.53. The van der Waals surface area contributed by atoms with Gasteiger partial charge in [-0.15, -0.1) is 0 Å². The highest BCUT2D eigenvalue weighted by Crippen LogP contribution is 2.51. The number of piperidine rings is 1. The molecule has 5 rings (SSSR count). The third-order valence-electron chi connectivity index (χ3n) is 8.70. The van der Waals surface area contributed by atoms with Gasteiger partial charge in [0.05, 0.1) is 5.41 Å². The summed E-state index contributed by atoms with van der Waals surface area (Å²) >= 11 is 0. The van der Waals surface area contributed by atoms with Gasteiger partial charge in [0, 0.05) is 12.6 Å². The molecular weight excluding hydrogens is 370 g/mol. The Bertz CT molecular complexity index is 947. The summed E-state index contributed by atoms with van der Waals surface area (Å²) in [6.45, 7) is 5.46. The maximum absolute atomic E-state index is 14.3. The second-order valence-corrected chi connectivity index (χ2v) is 10.1. The number of fused-ring (bicyclic) bond motifs is 4. The third kappa shape index (κ3) is 2.81. The number of phenols is 1. The summed E-state index contributed by atoms with van der Waals surface area (Å²) in [5.74, 6) is 1.08. The molecule has 0 radical (unpaired) electrons. The van der Waals surface area contributed by atoms with Crippen LogP contribution in [0.3, 0.4) is 0 Å². The molecule has 0 spiro atoms. The van der Waals surface area contributed by atoms with E-state index in [4.69, 9.17) is 0 Å². The fourth-order valence-electron chi connectivity index (χ4n) is 6.67. The fraction of sp³-hybridized carbons (Fsp3) is 0.519. The zero-order valence-corrected chi connectivity index (χ0v) is 18.2. The SMILES string of the molecule is C[C@H]1[C@H]2Cc3ccc(O)cc3[C@]1(C)CCN2C(=O)C1(c2ccccc2)CCCCC1. The molecule has 1 aliphatic heterocycles. The quantitative estimate of drug-likeness (QED) is 0.735. The Balaban J connectivity index is 1.53. The predicted octanol–water partition coefficient (Wildman–Crippen LogP) is 5.35. The molecule has 3 nitrogen and oxygen atoms in total. The average molecular weight is 404 g/mol. The molecule has 2 fully saturated rings. The first-order valence-electron chi connectivity index (χ1n) is 11.6. The number of hydrogen-bond acceptors (Lipinski definition) is 2. The number of rotatable bonds is 2. The third-order valence-corrected chi connectivity index (χ3v) is 8.70. The lowest BCUT2D eigenvalue weighted by Crippen LogP contribution is -2.62. The predicted molar refractivity (Wildman–Crippen MR) is 120 cm³/mol. The lowest BCUT2D eigenvalue weighted by Gasteiger charge is -2.56. The molecule has 1 saturated carbocycles. The lowest BCUT2D eigenvalue weighted by molar-refractivity contribution is -0.146. The van der Waals surface area contributed by atoms with Crippen molar-refractivity contribution >= 4 is 5.91 Å². The summed E-state index contributed by atoms with van der Waals surface area (Å²) in [4.78, 5) is 16.5. The van der Waals surface area contributed by atoms with E-state index >= 15 is 0 Å². The minimum Gasteiger partial charge on any atom is -0.508 e. The van der Waals surface area contributed by atoms with Gasteiger partial charge in [0.15, 0.2) is 0 Å². The molecule has 2 bridgehead atoms. The zero-order valence-electron chi connectivity index (χ0n) is 18.2. The molecule has 158 valence electrons. The topological polar surface area (TPSA) is 40.5 Å². The molecule has 2 aromatic carbocycles. The second kappa shape index (κ2) is 7.14. The number of benzene rings is 2. The number of amides is 1. The summed E-state index contributed by atoms with van der Waals surface area (Å²) in [6.07, 6.45) is 7.28. The first-order valence-corrected chi connectivity index (χ1v) is 11.6. The van der Waals surface area contributed by atoms with Gasteiger partial charge in [-0.3, -0.25) is 4.79 Å². The Morgan fingerprint density at radius 3 is 2.50 bits per heavy atom. The van der Waals surface area contributed by atoms with Gasteiger partial charge in [-0.25, -0.2) is 0 Å². The summed E-state index contributed by atoms with van der Waals surface area (Å²) in [6, 6.07) is 16.6. The van der Waals surface area contributed by atoms with Crippen molar-refractivity contribution in [1.82, 2.24) is 4.90 Å². The van der Waals surface area contributed by atoms with Crippen molar-refractivity contribution in [3.05, 3.63) is 65.2 Å². The van der Waals surface area contributed by atoms with E-state index < -0.39 is 0 Å². The second-order valence-electron chi connectivity index (χ2n) is 10.1. The van der Waals surface area contributed by atoms with Crippen LogP contribution >= 0.6 is 0 Å². The van der Waals surface area contributed by atoms with Crippen LogP contribution in [0.4, 0.5) is 0 Å². The van der Waals surface area contributed by atoms with Crippen LogP contribution in [0, 0.1) is 5.92 Å². The molecule has 0 aromatic heterocycles. The number of aromatic hydroxyl groups is 1. The van der Waals surface area contributed by atoms with E-state index in [1.54, 1.807) is 6.07 Å². The highest BCUT2D eigenvalue weighted by atomic mass is 16.3. The van der Waals surface area contributed by atoms with Crippen LogP contribution in [0.2, 0.25) is 0 Å². The zero-order chi connectivity index (χ0) is 20.9. The maximum Gasteiger partial charge on any atom is 0.233 e. The molecule has 1 N–H and O–H groups in total. The van der Waals surface area contributed by atoms with Crippen molar-refractivity contribution < 1.29 is 9.90 Å². The molecule has 1 amide bonds. The standard InChI is InChI=1S/C27H33NO2/c1-19-24-17-20-11-12-22(29)18-23(20)26(19,2)15-16-28(24)25(30)27(13-7-4-8-14-27)21-9-5-3-6-10-21/h3,5-6,9-12,18-19,24,29H,4,7-8,13-17H2,1-2H3/t19-,24+,26+/m0/s1. The van der Waals surface area contributed by atoms with Crippen LogP contribution in [-0.4, -0.2) is 28.5 Å². The Hall–Kier alpha value is -2.29. The number of likely N-dealkylation sites (tertiary alicyclic amines) is 1. The Kier molecular flexibility index (Phi) is 4.68. The monoisotopic (exact) mass is 403 g/mol. The van der Waals surface area contributed by atoms with E-state index in [9.17, 15) is 9.90 Å². The van der Waals surface area contributed by atoms with Gasteiger partial charge >= 0.3 is 0 Å². The van der Waals surface area contributed by atoms with Crippen LogP contribution in [-0.2, 0) is 22.0 Å². The highest BCUT2D eigenvalue weighted by molar-refractivity contribution is 5.89. The van der Waals surface area contributed by atoms with Gasteiger partial charge in [0.25, 0.3) is 0 Å². The normalized spacial score (nSPS) is 29.9. The molecule has 30 heavy (non-hydrogen) atoms. The summed E-state index contributed by atoms with van der Waals surface area (Å²) < 4.78 is 0. The van der Waals surface area contributed by atoms with Crippen LogP contribution in [0.25, 0.3) is 0 Å². The first-order chi connectivity index (χ1) is 14.5. The Morgan fingerprint density at radius 2 is 1.77 bits per heavy atom. The van der Waals surface area contributed by atoms with Crippen molar-refractivity contribution in [3.8, 4) is 5.75 Å². The molecule has 2 aromatic rings. The minimum absolute atomic E-state index is 0.0141. The summed E-state index contributed by atoms with van der Waals surface area (Å²) in [7, 11) is 0. The van der Waals surface area contributed by atoms with Gasteiger partial charge in [0.1, 0.15) is 5.75 Å². The van der Waals surface area contributed by atoms with E-state index in [1.807, 2.05) is 12.1 Å². The number of carbonyl (C=O) groups excluding carboxylic acids is 1. The van der Waals surface area contributed by atoms with Crippen molar-refractivity contribution in [2.75, 3.05) is 6.54 Å². The molecule has 3 heteroatoms. The fourth-order valence-corrected chi connectivity index (χ4v) is 6.67. The molecule has 3 atom stereocenters. The number of phenolic OH excluding ortho intramolecular Hbond substituents is 1. The lowest BCUT2D eigenvalue weighted by atomic mass is 9.58. The number of hydrogen-bond donors (Lipinski definition) is 1. The van der Waals surface area contributed by atoms with Crippen LogP contribution in [0.1, 0.15) is 69.1 Å². The first kappa shape index (κ1) is 19.7. The Morgan fingerprint density at radius 1 is 1.03 bits per heavy atom. The van der Waals surface area contributed by atoms with Gasteiger partial charge in [-0.05, 0) is 65.8 Å². The van der Waals surface area contributed by atoms with Gasteiger partial charge < -0.3 is 10.0 Å². The number of carbonyl (C=O) groups is 1. The van der Waals surface area contributed by atoms with Gasteiger partial charge in [-0.2, -0.15) is 0 Å². The summed E-state index contributed by atoms with van der Waals surface area (Å²) in [5, 5.41) is 10.1. The van der Waals surface area contributed by atoms with Gasteiger partial charge in [0.2, 0.25) is 5.91 Å².